The summed E-state index contributed by atoms with van der Waals surface area (Å²) in [5.41, 5.74) is 1.13. The van der Waals surface area contributed by atoms with E-state index in [1.165, 1.54) is 27.7 Å². The van der Waals surface area contributed by atoms with Crippen LogP contribution in [0.15, 0.2) is 68.5 Å². The Morgan fingerprint density at radius 2 is 2.10 bits per heavy atom. The molecule has 0 atom stereocenters. The van der Waals surface area contributed by atoms with Crippen molar-refractivity contribution in [2.45, 2.75) is 11.7 Å². The maximum atomic E-state index is 13.1. The number of ether oxygens (including phenoxy) is 1. The number of thioether (sulfide) groups is 1. The molecule has 4 aromatic rings. The predicted octanol–water partition coefficient (Wildman–Crippen LogP) is 3.46. The SMILES string of the molecule is COc1ccc(-n2c(SCC(=O)NCc3ccco3)nc3ccsc3c2=O)cc1. The zero-order chi connectivity index (χ0) is 20.2. The second-order valence-corrected chi connectivity index (χ2v) is 7.87. The Morgan fingerprint density at radius 1 is 1.28 bits per heavy atom. The number of carbonyl (C=O) groups excluding carboxylic acids is 1. The van der Waals surface area contributed by atoms with E-state index in [4.69, 9.17) is 9.15 Å². The number of furan rings is 1. The minimum absolute atomic E-state index is 0.124. The van der Waals surface area contributed by atoms with Gasteiger partial charge >= 0.3 is 0 Å². The molecule has 9 heteroatoms. The summed E-state index contributed by atoms with van der Waals surface area (Å²) in [6.07, 6.45) is 1.56. The van der Waals surface area contributed by atoms with Crippen molar-refractivity contribution < 1.29 is 13.9 Å². The molecule has 0 aliphatic rings. The van der Waals surface area contributed by atoms with Crippen molar-refractivity contribution in [3.8, 4) is 11.4 Å². The molecule has 0 aliphatic heterocycles. The van der Waals surface area contributed by atoms with Crippen LogP contribution in [0, 0.1) is 0 Å². The van der Waals surface area contributed by atoms with Gasteiger partial charge in [0.15, 0.2) is 5.16 Å². The Bertz CT molecular complexity index is 1180. The molecule has 0 aliphatic carbocycles. The third-order valence-electron chi connectivity index (χ3n) is 4.15. The average molecular weight is 428 g/mol. The van der Waals surface area contributed by atoms with E-state index in [0.717, 1.165) is 0 Å². The largest absolute Gasteiger partial charge is 0.497 e. The molecule has 0 saturated carbocycles. The van der Waals surface area contributed by atoms with E-state index in [1.54, 1.807) is 55.8 Å². The first-order valence-corrected chi connectivity index (χ1v) is 10.6. The summed E-state index contributed by atoms with van der Waals surface area (Å²) in [6, 6.07) is 12.5. The third-order valence-corrected chi connectivity index (χ3v) is 5.98. The molecule has 0 spiro atoms. The standard InChI is InChI=1S/C20H17N3O4S2/c1-26-14-6-4-13(5-7-14)23-19(25)18-16(8-10-28-18)22-20(23)29-12-17(24)21-11-15-3-2-9-27-15/h2-10H,11-12H2,1H3,(H,21,24). The number of carbonyl (C=O) groups is 1. The number of nitrogens with zero attached hydrogens (tertiary/aromatic N) is 2. The van der Waals surface area contributed by atoms with Crippen LogP contribution >= 0.6 is 23.1 Å². The number of thiophene rings is 1. The summed E-state index contributed by atoms with van der Waals surface area (Å²) in [6.45, 7) is 0.314. The van der Waals surface area contributed by atoms with Gasteiger partial charge in [-0.3, -0.25) is 14.2 Å². The second kappa shape index (κ2) is 8.54. The van der Waals surface area contributed by atoms with Gasteiger partial charge in [-0.25, -0.2) is 4.98 Å². The Morgan fingerprint density at radius 3 is 2.83 bits per heavy atom. The molecule has 1 N–H and O–H groups in total. The first-order valence-electron chi connectivity index (χ1n) is 8.72. The molecule has 1 amide bonds. The van der Waals surface area contributed by atoms with E-state index in [0.29, 0.717) is 39.1 Å². The highest BCUT2D eigenvalue weighted by atomic mass is 32.2. The lowest BCUT2D eigenvalue weighted by atomic mass is 10.3. The van der Waals surface area contributed by atoms with Crippen LogP contribution in [0.25, 0.3) is 15.9 Å². The summed E-state index contributed by atoms with van der Waals surface area (Å²) in [5, 5.41) is 5.09. The van der Waals surface area contributed by atoms with Gasteiger partial charge in [0, 0.05) is 0 Å². The lowest BCUT2D eigenvalue weighted by Crippen LogP contribution is -2.26. The number of methoxy groups -OCH3 is 1. The van der Waals surface area contributed by atoms with Crippen molar-refractivity contribution in [1.29, 1.82) is 0 Å². The Hall–Kier alpha value is -3.04. The number of amides is 1. The van der Waals surface area contributed by atoms with E-state index in [-0.39, 0.29) is 17.2 Å². The summed E-state index contributed by atoms with van der Waals surface area (Å²) in [7, 11) is 1.59. The summed E-state index contributed by atoms with van der Waals surface area (Å²) in [4.78, 5) is 29.9. The molecule has 29 heavy (non-hydrogen) atoms. The van der Waals surface area contributed by atoms with Crippen molar-refractivity contribution >= 4 is 39.2 Å². The normalized spacial score (nSPS) is 10.9. The second-order valence-electron chi connectivity index (χ2n) is 6.01. The lowest BCUT2D eigenvalue weighted by molar-refractivity contribution is -0.118. The third kappa shape index (κ3) is 4.20. The van der Waals surface area contributed by atoms with Gasteiger partial charge in [-0.05, 0) is 47.8 Å². The van der Waals surface area contributed by atoms with Crippen LogP contribution in [0.4, 0.5) is 0 Å². The van der Waals surface area contributed by atoms with Crippen LogP contribution in [0.2, 0.25) is 0 Å². The lowest BCUT2D eigenvalue weighted by Gasteiger charge is -2.12. The van der Waals surface area contributed by atoms with Crippen molar-refractivity contribution in [1.82, 2.24) is 14.9 Å². The fourth-order valence-corrected chi connectivity index (χ4v) is 4.33. The molecule has 0 radical (unpaired) electrons. The molecule has 0 bridgehead atoms. The predicted molar refractivity (Wildman–Crippen MR) is 113 cm³/mol. The smallest absolute Gasteiger partial charge is 0.276 e. The zero-order valence-electron chi connectivity index (χ0n) is 15.5. The summed E-state index contributed by atoms with van der Waals surface area (Å²) in [5.74, 6) is 1.32. The number of fused-ring (bicyclic) bond motifs is 1. The van der Waals surface area contributed by atoms with Crippen LogP contribution in [-0.2, 0) is 11.3 Å². The van der Waals surface area contributed by atoms with E-state index < -0.39 is 0 Å². The fraction of sp³-hybridized carbons (Fsp3) is 0.150. The highest BCUT2D eigenvalue weighted by Crippen LogP contribution is 2.24. The molecular formula is C20H17N3O4S2. The Balaban J connectivity index is 1.60. The van der Waals surface area contributed by atoms with Crippen molar-refractivity contribution in [2.75, 3.05) is 12.9 Å². The van der Waals surface area contributed by atoms with Gasteiger partial charge in [-0.15, -0.1) is 11.3 Å². The topological polar surface area (TPSA) is 86.4 Å². The molecule has 7 nitrogen and oxygen atoms in total. The van der Waals surface area contributed by atoms with Crippen molar-refractivity contribution in [2.24, 2.45) is 0 Å². The fourth-order valence-electron chi connectivity index (χ4n) is 2.73. The van der Waals surface area contributed by atoms with Crippen LogP contribution in [0.1, 0.15) is 5.76 Å². The molecule has 3 aromatic heterocycles. The molecule has 4 rings (SSSR count). The highest BCUT2D eigenvalue weighted by molar-refractivity contribution is 7.99. The number of aromatic nitrogens is 2. The van der Waals surface area contributed by atoms with Gasteiger partial charge in [-0.1, -0.05) is 11.8 Å². The van der Waals surface area contributed by atoms with E-state index >= 15 is 0 Å². The van der Waals surface area contributed by atoms with Crippen LogP contribution in [0.3, 0.4) is 0 Å². The maximum Gasteiger partial charge on any atom is 0.276 e. The van der Waals surface area contributed by atoms with Gasteiger partial charge in [0.25, 0.3) is 5.56 Å². The Kier molecular flexibility index (Phi) is 5.68. The van der Waals surface area contributed by atoms with E-state index in [9.17, 15) is 9.59 Å². The van der Waals surface area contributed by atoms with E-state index in [2.05, 4.69) is 10.3 Å². The molecule has 148 valence electrons. The molecule has 0 unspecified atom stereocenters. The van der Waals surface area contributed by atoms with Crippen molar-refractivity contribution in [3.05, 3.63) is 70.2 Å². The van der Waals surface area contributed by atoms with Crippen molar-refractivity contribution in [3.63, 3.8) is 0 Å². The van der Waals surface area contributed by atoms with Gasteiger partial charge in [0.1, 0.15) is 16.2 Å². The van der Waals surface area contributed by atoms with Gasteiger partial charge < -0.3 is 14.5 Å². The molecule has 0 fully saturated rings. The molecule has 3 heterocycles. The Labute approximate surface area is 174 Å². The molecule has 1 aromatic carbocycles. The minimum Gasteiger partial charge on any atom is -0.497 e. The maximum absolute atomic E-state index is 13.1. The number of benzene rings is 1. The number of rotatable bonds is 7. The van der Waals surface area contributed by atoms with Crippen LogP contribution < -0.4 is 15.6 Å². The van der Waals surface area contributed by atoms with Crippen LogP contribution in [-0.4, -0.2) is 28.3 Å². The monoisotopic (exact) mass is 427 g/mol. The highest BCUT2D eigenvalue weighted by Gasteiger charge is 2.16. The number of hydrogen-bond donors (Lipinski definition) is 1. The first kappa shape index (κ1) is 19.3. The quantitative estimate of drug-likeness (QED) is 0.359. The molecular weight excluding hydrogens is 410 g/mol. The first-order chi connectivity index (χ1) is 14.2. The van der Waals surface area contributed by atoms with Gasteiger partial charge in [-0.2, -0.15) is 0 Å². The molecule has 0 saturated heterocycles. The van der Waals surface area contributed by atoms with Crippen LogP contribution in [0.5, 0.6) is 5.75 Å². The average Bonchev–Trinajstić information content (AvgIpc) is 3.43. The van der Waals surface area contributed by atoms with Gasteiger partial charge in [0.2, 0.25) is 5.91 Å². The summed E-state index contributed by atoms with van der Waals surface area (Å²) >= 11 is 2.56. The number of hydrogen-bond acceptors (Lipinski definition) is 7. The number of nitrogens with one attached hydrogen (secondary N) is 1. The van der Waals surface area contributed by atoms with E-state index in [1.807, 2.05) is 5.38 Å². The minimum atomic E-state index is -0.174. The zero-order valence-corrected chi connectivity index (χ0v) is 17.1. The van der Waals surface area contributed by atoms with Gasteiger partial charge in [0.05, 0.1) is 36.9 Å². The summed E-state index contributed by atoms with van der Waals surface area (Å²) < 4.78 is 12.5.